The van der Waals surface area contributed by atoms with Gasteiger partial charge in [0.15, 0.2) is 0 Å². The number of nitrogens with one attached hydrogen (secondary N) is 2. The summed E-state index contributed by atoms with van der Waals surface area (Å²) in [6.45, 7) is 0. The molecule has 0 bridgehead atoms. The molecule has 0 radical (unpaired) electrons. The number of benzene rings is 2. The summed E-state index contributed by atoms with van der Waals surface area (Å²) in [6, 6.07) is 11.7. The number of rotatable bonds is 4. The lowest BCUT2D eigenvalue weighted by atomic mass is 10.2. The highest BCUT2D eigenvalue weighted by Gasteiger charge is 2.13. The number of anilines is 2. The molecule has 6 heteroatoms. The van der Waals surface area contributed by atoms with Gasteiger partial charge in [0.25, 0.3) is 0 Å². The van der Waals surface area contributed by atoms with Crippen LogP contribution in [0.4, 0.5) is 16.2 Å². The highest BCUT2D eigenvalue weighted by molar-refractivity contribution is 6.30. The Bertz CT molecular complexity index is 624. The van der Waals surface area contributed by atoms with Gasteiger partial charge in [-0.25, -0.2) is 4.79 Å². The van der Waals surface area contributed by atoms with Crippen molar-refractivity contribution in [2.45, 2.75) is 0 Å². The number of hydrogen-bond donors (Lipinski definition) is 2. The predicted molar refractivity (Wildman–Crippen MR) is 83.6 cm³/mol. The summed E-state index contributed by atoms with van der Waals surface area (Å²) >= 11 is 5.87. The van der Waals surface area contributed by atoms with Crippen molar-refractivity contribution in [3.05, 3.63) is 47.5 Å². The van der Waals surface area contributed by atoms with E-state index in [1.807, 2.05) is 0 Å². The van der Waals surface area contributed by atoms with Gasteiger partial charge in [0.2, 0.25) is 0 Å². The maximum absolute atomic E-state index is 12.1. The molecule has 0 aliphatic heterocycles. The molecular weight excluding hydrogens is 292 g/mol. The molecule has 2 aromatic carbocycles. The van der Waals surface area contributed by atoms with Crippen molar-refractivity contribution in [1.82, 2.24) is 0 Å². The zero-order valence-electron chi connectivity index (χ0n) is 11.6. The number of ether oxygens (including phenoxy) is 2. The summed E-state index contributed by atoms with van der Waals surface area (Å²) in [4.78, 5) is 12.1. The molecule has 0 fully saturated rings. The molecule has 21 heavy (non-hydrogen) atoms. The first-order valence-electron chi connectivity index (χ1n) is 6.18. The quantitative estimate of drug-likeness (QED) is 0.897. The van der Waals surface area contributed by atoms with E-state index in [2.05, 4.69) is 10.6 Å². The summed E-state index contributed by atoms with van der Waals surface area (Å²) < 4.78 is 10.4. The Morgan fingerprint density at radius 2 is 1.62 bits per heavy atom. The fraction of sp³-hybridized carbons (Fsp3) is 0.133. The zero-order chi connectivity index (χ0) is 15.2. The summed E-state index contributed by atoms with van der Waals surface area (Å²) in [5.41, 5.74) is 1.05. The monoisotopic (exact) mass is 306 g/mol. The number of methoxy groups -OCH3 is 2. The Kier molecular flexibility index (Phi) is 4.90. The minimum Gasteiger partial charge on any atom is -0.494 e. The van der Waals surface area contributed by atoms with Crippen molar-refractivity contribution in [3.8, 4) is 11.5 Å². The average Bonchev–Trinajstić information content (AvgIpc) is 2.47. The van der Waals surface area contributed by atoms with E-state index in [4.69, 9.17) is 21.1 Å². The number of halogens is 1. The van der Waals surface area contributed by atoms with Crippen molar-refractivity contribution in [2.24, 2.45) is 0 Å². The lowest BCUT2D eigenvalue weighted by molar-refractivity contribution is 0.262. The second-order valence-corrected chi connectivity index (χ2v) is 4.56. The Labute approximate surface area is 127 Å². The topological polar surface area (TPSA) is 59.6 Å². The molecule has 5 nitrogen and oxygen atoms in total. The van der Waals surface area contributed by atoms with Crippen molar-refractivity contribution < 1.29 is 14.3 Å². The average molecular weight is 307 g/mol. The van der Waals surface area contributed by atoms with Crippen LogP contribution in [0.1, 0.15) is 0 Å². The number of carbonyl (C=O) groups excluding carboxylic acids is 1. The lowest BCUT2D eigenvalue weighted by Gasteiger charge is -2.14. The van der Waals surface area contributed by atoms with E-state index in [-0.39, 0.29) is 0 Å². The zero-order valence-corrected chi connectivity index (χ0v) is 12.4. The Balaban J connectivity index is 2.16. The largest absolute Gasteiger partial charge is 0.494 e. The fourth-order valence-corrected chi connectivity index (χ4v) is 2.01. The first kappa shape index (κ1) is 15.0. The molecule has 0 aromatic heterocycles. The smallest absolute Gasteiger partial charge is 0.323 e. The third-order valence-electron chi connectivity index (χ3n) is 2.75. The predicted octanol–water partition coefficient (Wildman–Crippen LogP) is 4.00. The summed E-state index contributed by atoms with van der Waals surface area (Å²) in [7, 11) is 3.05. The second kappa shape index (κ2) is 6.85. The number of para-hydroxylation sites is 1. The number of carbonyl (C=O) groups is 1. The fourth-order valence-electron chi connectivity index (χ4n) is 1.82. The van der Waals surface area contributed by atoms with Crippen LogP contribution < -0.4 is 20.1 Å². The van der Waals surface area contributed by atoms with E-state index >= 15 is 0 Å². The Morgan fingerprint density at radius 3 is 2.19 bits per heavy atom. The first-order chi connectivity index (χ1) is 10.1. The van der Waals surface area contributed by atoms with Crippen molar-refractivity contribution in [3.63, 3.8) is 0 Å². The lowest BCUT2D eigenvalue weighted by Crippen LogP contribution is -2.20. The molecule has 2 rings (SSSR count). The third-order valence-corrected chi connectivity index (χ3v) is 2.98. The molecule has 0 spiro atoms. The summed E-state index contributed by atoms with van der Waals surface area (Å²) in [5, 5.41) is 5.94. The first-order valence-corrected chi connectivity index (χ1v) is 6.56. The maximum atomic E-state index is 12.1. The molecule has 0 saturated carbocycles. The van der Waals surface area contributed by atoms with Crippen LogP contribution in [-0.2, 0) is 0 Å². The van der Waals surface area contributed by atoms with Gasteiger partial charge >= 0.3 is 6.03 Å². The van der Waals surface area contributed by atoms with Crippen LogP contribution in [0.3, 0.4) is 0 Å². The van der Waals surface area contributed by atoms with Gasteiger partial charge in [-0.2, -0.15) is 0 Å². The van der Waals surface area contributed by atoms with Crippen LogP contribution in [0.2, 0.25) is 5.02 Å². The van der Waals surface area contributed by atoms with Crippen molar-refractivity contribution in [1.29, 1.82) is 0 Å². The normalized spacial score (nSPS) is 9.86. The van der Waals surface area contributed by atoms with Gasteiger partial charge in [0.1, 0.15) is 17.2 Å². The van der Waals surface area contributed by atoms with E-state index in [9.17, 15) is 4.79 Å². The van der Waals surface area contributed by atoms with E-state index in [1.54, 1.807) is 42.5 Å². The molecule has 2 aromatic rings. The van der Waals surface area contributed by atoms with Crippen molar-refractivity contribution in [2.75, 3.05) is 24.9 Å². The molecule has 0 saturated heterocycles. The van der Waals surface area contributed by atoms with Gasteiger partial charge in [0, 0.05) is 10.7 Å². The third kappa shape index (κ3) is 3.79. The molecule has 2 N–H and O–H groups in total. The van der Waals surface area contributed by atoms with E-state index in [1.165, 1.54) is 14.2 Å². The van der Waals surface area contributed by atoms with Crippen LogP contribution >= 0.6 is 11.6 Å². The molecule has 0 heterocycles. The molecule has 0 unspecified atom stereocenters. The van der Waals surface area contributed by atoms with E-state index < -0.39 is 6.03 Å². The van der Waals surface area contributed by atoms with E-state index in [0.29, 0.717) is 27.9 Å². The summed E-state index contributed by atoms with van der Waals surface area (Å²) in [6.07, 6.45) is 0. The Morgan fingerprint density at radius 1 is 1.00 bits per heavy atom. The highest BCUT2D eigenvalue weighted by Crippen LogP contribution is 2.34. The summed E-state index contributed by atoms with van der Waals surface area (Å²) in [5.74, 6) is 1.02. The van der Waals surface area contributed by atoms with Gasteiger partial charge in [0.05, 0.1) is 14.2 Å². The van der Waals surface area contributed by atoms with Gasteiger partial charge < -0.3 is 20.1 Å². The van der Waals surface area contributed by atoms with Crippen LogP contribution in [-0.4, -0.2) is 20.3 Å². The van der Waals surface area contributed by atoms with Crippen LogP contribution in [0.5, 0.6) is 11.5 Å². The number of amides is 2. The minimum atomic E-state index is -0.417. The van der Waals surface area contributed by atoms with Crippen molar-refractivity contribution >= 4 is 29.0 Å². The van der Waals surface area contributed by atoms with E-state index in [0.717, 1.165) is 0 Å². The molecule has 2 amide bonds. The number of urea groups is 1. The molecular formula is C15H15ClN2O3. The van der Waals surface area contributed by atoms with Crippen LogP contribution in [0, 0.1) is 0 Å². The second-order valence-electron chi connectivity index (χ2n) is 4.13. The SMILES string of the molecule is COc1cccc(OC)c1NC(=O)Nc1cccc(Cl)c1. The minimum absolute atomic E-state index is 0.417. The molecule has 0 atom stereocenters. The van der Waals surface area contributed by atoms with Gasteiger partial charge in [-0.1, -0.05) is 23.7 Å². The van der Waals surface area contributed by atoms with Gasteiger partial charge in [-0.05, 0) is 30.3 Å². The molecule has 0 aliphatic rings. The number of hydrogen-bond acceptors (Lipinski definition) is 3. The maximum Gasteiger partial charge on any atom is 0.323 e. The highest BCUT2D eigenvalue weighted by atomic mass is 35.5. The van der Waals surface area contributed by atoms with Gasteiger partial charge in [-0.3, -0.25) is 0 Å². The van der Waals surface area contributed by atoms with Crippen LogP contribution in [0.15, 0.2) is 42.5 Å². The Hall–Kier alpha value is -2.40. The molecule has 110 valence electrons. The molecule has 0 aliphatic carbocycles. The standard InChI is InChI=1S/C15H15ClN2O3/c1-20-12-7-4-8-13(21-2)14(12)18-15(19)17-11-6-3-5-10(16)9-11/h3-9H,1-2H3,(H2,17,18,19). The van der Waals surface area contributed by atoms with Crippen LogP contribution in [0.25, 0.3) is 0 Å². The van der Waals surface area contributed by atoms with Gasteiger partial charge in [-0.15, -0.1) is 0 Å².